The van der Waals surface area contributed by atoms with Crippen molar-refractivity contribution in [1.82, 2.24) is 15.5 Å². The van der Waals surface area contributed by atoms with Crippen molar-refractivity contribution >= 4 is 5.91 Å². The van der Waals surface area contributed by atoms with Gasteiger partial charge in [0, 0.05) is 12.6 Å². The number of nitrogens with one attached hydrogen (secondary N) is 2. The van der Waals surface area contributed by atoms with Crippen molar-refractivity contribution in [3.05, 3.63) is 17.5 Å². The molecule has 6 heteroatoms. The molecule has 0 aliphatic carbocycles. The molecule has 1 amide bonds. The zero-order valence-corrected chi connectivity index (χ0v) is 8.77. The summed E-state index contributed by atoms with van der Waals surface area (Å²) in [5, 5.41) is 8.42. The summed E-state index contributed by atoms with van der Waals surface area (Å²) in [6.45, 7) is 3.67. The number of alkyl halides is 2. The molecule has 1 aromatic rings. The molecular formula is C9H13F2N3O. The van der Waals surface area contributed by atoms with Crippen molar-refractivity contribution in [2.45, 2.75) is 32.7 Å². The molecule has 4 nitrogen and oxygen atoms in total. The summed E-state index contributed by atoms with van der Waals surface area (Å²) < 4.78 is 25.6. The maximum Gasteiger partial charge on any atom is 0.264 e. The van der Waals surface area contributed by atoms with E-state index >= 15 is 0 Å². The number of aromatic nitrogens is 2. The van der Waals surface area contributed by atoms with Crippen LogP contribution in [0.15, 0.2) is 6.20 Å². The fraction of sp³-hybridized carbons (Fsp3) is 0.556. The average Bonchev–Trinajstić information content (AvgIpc) is 2.49. The molecule has 0 spiro atoms. The molecule has 0 bridgehead atoms. The van der Waals surface area contributed by atoms with Gasteiger partial charge in [-0.15, -0.1) is 0 Å². The van der Waals surface area contributed by atoms with Crippen LogP contribution in [0.25, 0.3) is 0 Å². The van der Waals surface area contributed by atoms with Crippen LogP contribution >= 0.6 is 0 Å². The molecule has 1 heterocycles. The Bertz CT molecular complexity index is 356. The Hall–Kier alpha value is -1.46. The minimum Gasteiger partial charge on any atom is -0.343 e. The first-order valence-electron chi connectivity index (χ1n) is 4.51. The third-order valence-electron chi connectivity index (χ3n) is 2.18. The van der Waals surface area contributed by atoms with E-state index in [0.29, 0.717) is 5.69 Å². The molecular weight excluding hydrogens is 204 g/mol. The zero-order valence-electron chi connectivity index (χ0n) is 8.77. The number of hydrogen-bond acceptors (Lipinski definition) is 2. The summed E-state index contributed by atoms with van der Waals surface area (Å²) in [5.41, 5.74) is 0.838. The largest absolute Gasteiger partial charge is 0.343 e. The molecule has 1 atom stereocenters. The summed E-state index contributed by atoms with van der Waals surface area (Å²) in [6, 6.07) is -1.21. The second-order valence-electron chi connectivity index (χ2n) is 3.56. The highest BCUT2D eigenvalue weighted by Crippen LogP contribution is 2.17. The van der Waals surface area contributed by atoms with Crippen LogP contribution in [0.1, 0.15) is 29.9 Å². The summed E-state index contributed by atoms with van der Waals surface area (Å²) in [7, 11) is 0. The van der Waals surface area contributed by atoms with Crippen molar-refractivity contribution in [2.24, 2.45) is 0 Å². The summed E-state index contributed by atoms with van der Waals surface area (Å²) >= 11 is 0. The maximum atomic E-state index is 12.8. The lowest BCUT2D eigenvalue weighted by Gasteiger charge is -2.20. The molecule has 0 aromatic carbocycles. The van der Waals surface area contributed by atoms with Crippen molar-refractivity contribution < 1.29 is 13.6 Å². The first kappa shape index (κ1) is 11.6. The zero-order chi connectivity index (χ0) is 11.6. The van der Waals surface area contributed by atoms with Crippen LogP contribution in [-0.2, 0) is 0 Å². The van der Waals surface area contributed by atoms with E-state index in [-0.39, 0.29) is 5.56 Å². The van der Waals surface area contributed by atoms with Crippen LogP contribution in [0, 0.1) is 6.92 Å². The first-order valence-corrected chi connectivity index (χ1v) is 4.51. The number of aromatic amines is 1. The van der Waals surface area contributed by atoms with Gasteiger partial charge in [0.25, 0.3) is 11.8 Å². The topological polar surface area (TPSA) is 57.8 Å². The molecule has 2 N–H and O–H groups in total. The number of halogens is 2. The Labute approximate surface area is 86.1 Å². The number of H-pyrrole nitrogens is 1. The van der Waals surface area contributed by atoms with Crippen LogP contribution in [0.3, 0.4) is 0 Å². The Morgan fingerprint density at radius 1 is 1.67 bits per heavy atom. The highest BCUT2D eigenvalue weighted by atomic mass is 19.3. The van der Waals surface area contributed by atoms with Crippen LogP contribution in [0.2, 0.25) is 0 Å². The lowest BCUT2D eigenvalue weighted by Crippen LogP contribution is -2.43. The number of carbonyl (C=O) groups is 1. The van der Waals surface area contributed by atoms with Gasteiger partial charge in [0.2, 0.25) is 0 Å². The molecule has 0 fully saturated rings. The van der Waals surface area contributed by atoms with Crippen molar-refractivity contribution in [3.63, 3.8) is 0 Å². The number of amides is 1. The summed E-state index contributed by atoms with van der Waals surface area (Å²) in [4.78, 5) is 11.5. The van der Waals surface area contributed by atoms with Gasteiger partial charge in [0.15, 0.2) is 0 Å². The van der Waals surface area contributed by atoms with Gasteiger partial charge in [0.1, 0.15) is 0 Å². The average molecular weight is 217 g/mol. The Morgan fingerprint density at radius 3 is 2.67 bits per heavy atom. The molecule has 0 radical (unpaired) electrons. The molecule has 0 aliphatic rings. The molecule has 1 rings (SSSR count). The van der Waals surface area contributed by atoms with E-state index in [4.69, 9.17) is 0 Å². The van der Waals surface area contributed by atoms with Crippen LogP contribution in [-0.4, -0.2) is 28.1 Å². The highest BCUT2D eigenvalue weighted by Gasteiger charge is 2.31. The van der Waals surface area contributed by atoms with Gasteiger partial charge in [-0.05, 0) is 13.8 Å². The van der Waals surface area contributed by atoms with Crippen LogP contribution < -0.4 is 5.32 Å². The second-order valence-corrected chi connectivity index (χ2v) is 3.56. The Morgan fingerprint density at radius 2 is 2.27 bits per heavy atom. The van der Waals surface area contributed by atoms with Crippen molar-refractivity contribution in [2.75, 3.05) is 0 Å². The number of rotatable bonds is 3. The number of nitrogens with zero attached hydrogens (tertiary/aromatic N) is 1. The Kier molecular flexibility index (Phi) is 3.06. The predicted molar refractivity (Wildman–Crippen MR) is 50.9 cm³/mol. The minimum absolute atomic E-state index is 0.283. The standard InChI is InChI=1S/C9H13F2N3O/c1-5-7(4-12-14-5)8(15)13-6(2)9(3,10)11/h4,6H,1-3H3,(H,12,14)(H,13,15)/t6-/m0/s1. The first-order chi connectivity index (χ1) is 6.82. The van der Waals surface area contributed by atoms with Crippen molar-refractivity contribution in [3.8, 4) is 0 Å². The van der Waals surface area contributed by atoms with Gasteiger partial charge in [-0.25, -0.2) is 8.78 Å². The van der Waals surface area contributed by atoms with Gasteiger partial charge < -0.3 is 5.32 Å². The maximum absolute atomic E-state index is 12.8. The molecule has 1 aromatic heterocycles. The lowest BCUT2D eigenvalue weighted by molar-refractivity contribution is -0.0108. The predicted octanol–water partition coefficient (Wildman–Crippen LogP) is 1.49. The van der Waals surface area contributed by atoms with Crippen LogP contribution in [0.5, 0.6) is 0 Å². The van der Waals surface area contributed by atoms with Gasteiger partial charge in [-0.3, -0.25) is 9.89 Å². The van der Waals surface area contributed by atoms with E-state index in [9.17, 15) is 13.6 Å². The fourth-order valence-corrected chi connectivity index (χ4v) is 0.981. The molecule has 0 unspecified atom stereocenters. The van der Waals surface area contributed by atoms with E-state index in [1.165, 1.54) is 13.1 Å². The minimum atomic E-state index is -2.94. The number of carbonyl (C=O) groups excluding carboxylic acids is 1. The number of aryl methyl sites for hydroxylation is 1. The van der Waals surface area contributed by atoms with E-state index in [0.717, 1.165) is 6.92 Å². The van der Waals surface area contributed by atoms with Crippen LogP contribution in [0.4, 0.5) is 8.78 Å². The SMILES string of the molecule is Cc1[nH]ncc1C(=O)N[C@@H](C)C(C)(F)F. The van der Waals surface area contributed by atoms with E-state index < -0.39 is 17.9 Å². The van der Waals surface area contributed by atoms with E-state index in [2.05, 4.69) is 15.5 Å². The van der Waals surface area contributed by atoms with E-state index in [1.807, 2.05) is 0 Å². The third-order valence-corrected chi connectivity index (χ3v) is 2.18. The van der Waals surface area contributed by atoms with Gasteiger partial charge in [-0.1, -0.05) is 0 Å². The molecule has 84 valence electrons. The quantitative estimate of drug-likeness (QED) is 0.805. The Balaban J connectivity index is 2.69. The smallest absolute Gasteiger partial charge is 0.264 e. The summed E-state index contributed by atoms with van der Waals surface area (Å²) in [5.74, 6) is -3.48. The molecule has 15 heavy (non-hydrogen) atoms. The molecule has 0 saturated carbocycles. The fourth-order valence-electron chi connectivity index (χ4n) is 0.981. The van der Waals surface area contributed by atoms with Crippen molar-refractivity contribution in [1.29, 1.82) is 0 Å². The van der Waals surface area contributed by atoms with Gasteiger partial charge in [-0.2, -0.15) is 5.10 Å². The summed E-state index contributed by atoms with van der Waals surface area (Å²) in [6.07, 6.45) is 1.31. The highest BCUT2D eigenvalue weighted by molar-refractivity contribution is 5.95. The van der Waals surface area contributed by atoms with Gasteiger partial charge >= 0.3 is 0 Å². The third kappa shape index (κ3) is 2.74. The normalized spacial score (nSPS) is 13.7. The van der Waals surface area contributed by atoms with Gasteiger partial charge in [0.05, 0.1) is 17.8 Å². The monoisotopic (exact) mass is 217 g/mol. The molecule has 0 aliphatic heterocycles. The number of hydrogen-bond donors (Lipinski definition) is 2. The lowest BCUT2D eigenvalue weighted by atomic mass is 10.1. The second kappa shape index (κ2) is 3.96. The van der Waals surface area contributed by atoms with E-state index in [1.54, 1.807) is 6.92 Å². The molecule has 0 saturated heterocycles.